The monoisotopic (exact) mass is 241 g/mol. The van der Waals surface area contributed by atoms with Crippen molar-refractivity contribution >= 4 is 29.4 Å². The Balaban J connectivity index is 2.19. The van der Waals surface area contributed by atoms with E-state index in [1.54, 1.807) is 11.8 Å². The van der Waals surface area contributed by atoms with Crippen LogP contribution in [-0.4, -0.2) is 22.7 Å². The molecule has 1 aromatic rings. The predicted molar refractivity (Wildman–Crippen MR) is 62.7 cm³/mol. The first kappa shape index (κ1) is 10.9. The molecule has 80 valence electrons. The van der Waals surface area contributed by atoms with Gasteiger partial charge in [0.05, 0.1) is 0 Å². The number of aliphatic hydroxyl groups is 1. The molecule has 1 aliphatic heterocycles. The lowest BCUT2D eigenvalue weighted by molar-refractivity contribution is -0.124. The zero-order valence-corrected chi connectivity index (χ0v) is 9.77. The quantitative estimate of drug-likeness (QED) is 0.772. The summed E-state index contributed by atoms with van der Waals surface area (Å²) in [6, 6.07) is 7.96. The summed E-state index contributed by atoms with van der Waals surface area (Å²) in [7, 11) is 0. The lowest BCUT2D eigenvalue weighted by Gasteiger charge is -2.09. The fourth-order valence-corrected chi connectivity index (χ4v) is 2.80. The van der Waals surface area contributed by atoms with Gasteiger partial charge in [0.15, 0.2) is 5.44 Å². The van der Waals surface area contributed by atoms with Gasteiger partial charge in [-0.05, 0) is 24.0 Å². The van der Waals surface area contributed by atoms with Crippen molar-refractivity contribution in [3.05, 3.63) is 29.8 Å². The van der Waals surface area contributed by atoms with Gasteiger partial charge in [-0.3, -0.25) is 4.79 Å². The number of nitrogens with one attached hydrogen (secondary N) is 1. The highest BCUT2D eigenvalue weighted by Crippen LogP contribution is 2.35. The van der Waals surface area contributed by atoms with Gasteiger partial charge in [-0.15, -0.1) is 11.8 Å². The highest BCUT2D eigenvalue weighted by Gasteiger charge is 2.31. The normalized spacial score (nSPS) is 25.3. The zero-order valence-electron chi connectivity index (χ0n) is 8.14. The van der Waals surface area contributed by atoms with E-state index in [1.165, 1.54) is 11.8 Å². The molecule has 2 unspecified atom stereocenters. The van der Waals surface area contributed by atoms with Gasteiger partial charge in [0.25, 0.3) is 5.91 Å². The van der Waals surface area contributed by atoms with E-state index in [0.717, 1.165) is 10.5 Å². The minimum atomic E-state index is -0.937. The molecule has 0 radical (unpaired) electrons. The third-order valence-corrected chi connectivity index (χ3v) is 4.02. The highest BCUT2D eigenvalue weighted by molar-refractivity contribution is 8.01. The molecule has 2 atom stereocenters. The Hall–Kier alpha value is -0.650. The molecule has 2 N–H and O–H groups in total. The fourth-order valence-electron chi connectivity index (χ4n) is 1.39. The predicted octanol–water partition coefficient (Wildman–Crippen LogP) is 1.59. The maximum Gasteiger partial charge on any atom is 0.260 e. The molecule has 2 rings (SSSR count). The summed E-state index contributed by atoms with van der Waals surface area (Å²) in [5.41, 5.74) is 0.0877. The first-order valence-electron chi connectivity index (χ1n) is 4.48. The molecule has 15 heavy (non-hydrogen) atoms. The van der Waals surface area contributed by atoms with Gasteiger partial charge in [0.1, 0.15) is 5.37 Å². The second-order valence-corrected chi connectivity index (χ2v) is 5.22. The summed E-state index contributed by atoms with van der Waals surface area (Å²) in [6.07, 6.45) is 2.01. The lowest BCUT2D eigenvalue weighted by Crippen LogP contribution is -2.23. The topological polar surface area (TPSA) is 49.3 Å². The van der Waals surface area contributed by atoms with Crippen LogP contribution in [0.1, 0.15) is 10.9 Å². The van der Waals surface area contributed by atoms with Crippen molar-refractivity contribution in [1.29, 1.82) is 0 Å². The minimum Gasteiger partial charge on any atom is -0.373 e. The van der Waals surface area contributed by atoms with Crippen LogP contribution in [0.3, 0.4) is 0 Å². The zero-order chi connectivity index (χ0) is 10.8. The van der Waals surface area contributed by atoms with E-state index in [1.807, 2.05) is 30.5 Å². The summed E-state index contributed by atoms with van der Waals surface area (Å²) in [5.74, 6) is -0.306. The highest BCUT2D eigenvalue weighted by atomic mass is 32.2. The Bertz CT molecular complexity index is 383. The molecule has 5 heteroatoms. The van der Waals surface area contributed by atoms with Gasteiger partial charge < -0.3 is 10.4 Å². The minimum absolute atomic E-state index is 0.125. The molecule has 0 bridgehead atoms. The number of carbonyl (C=O) groups excluding carboxylic acids is 1. The van der Waals surface area contributed by atoms with Crippen LogP contribution in [0.2, 0.25) is 0 Å². The average molecular weight is 241 g/mol. The smallest absolute Gasteiger partial charge is 0.260 e. The standard InChI is InChI=1S/C10H11NO2S2/c1-14-7-4-2-3-6(5-7)9-11-8(12)10(13)15-9/h2-5,9-10,13H,1H3,(H,11,12). The first-order valence-corrected chi connectivity index (χ1v) is 6.65. The number of rotatable bonds is 2. The second-order valence-electron chi connectivity index (χ2n) is 3.15. The Labute approximate surface area is 96.6 Å². The van der Waals surface area contributed by atoms with Gasteiger partial charge in [0.2, 0.25) is 0 Å². The van der Waals surface area contributed by atoms with Crippen LogP contribution in [0.25, 0.3) is 0 Å². The Morgan fingerprint density at radius 2 is 2.33 bits per heavy atom. The van der Waals surface area contributed by atoms with E-state index in [9.17, 15) is 9.90 Å². The fraction of sp³-hybridized carbons (Fsp3) is 0.300. The van der Waals surface area contributed by atoms with Crippen LogP contribution in [0.4, 0.5) is 0 Å². The average Bonchev–Trinajstić information content (AvgIpc) is 2.59. The summed E-state index contributed by atoms with van der Waals surface area (Å²) in [6.45, 7) is 0. The van der Waals surface area contributed by atoms with Crippen molar-refractivity contribution in [3.63, 3.8) is 0 Å². The molecule has 1 saturated heterocycles. The number of aliphatic hydroxyl groups excluding tert-OH is 1. The molecular weight excluding hydrogens is 230 g/mol. The van der Waals surface area contributed by atoms with Crippen molar-refractivity contribution in [2.45, 2.75) is 15.7 Å². The molecular formula is C10H11NO2S2. The van der Waals surface area contributed by atoms with Crippen molar-refractivity contribution in [1.82, 2.24) is 5.32 Å². The van der Waals surface area contributed by atoms with Crippen LogP contribution in [-0.2, 0) is 4.79 Å². The van der Waals surface area contributed by atoms with Crippen molar-refractivity contribution in [2.24, 2.45) is 0 Å². The van der Waals surface area contributed by atoms with Crippen molar-refractivity contribution in [2.75, 3.05) is 6.26 Å². The Kier molecular flexibility index (Phi) is 3.23. The molecule has 1 amide bonds. The van der Waals surface area contributed by atoms with E-state index in [4.69, 9.17) is 0 Å². The number of benzene rings is 1. The summed E-state index contributed by atoms with van der Waals surface area (Å²) >= 11 is 2.89. The molecule has 0 spiro atoms. The summed E-state index contributed by atoms with van der Waals surface area (Å²) in [5, 5.41) is 11.9. The number of hydrogen-bond donors (Lipinski definition) is 2. The van der Waals surface area contributed by atoms with Crippen LogP contribution < -0.4 is 5.32 Å². The molecule has 0 aromatic heterocycles. The first-order chi connectivity index (χ1) is 7.20. The lowest BCUT2D eigenvalue weighted by atomic mass is 10.2. The van der Waals surface area contributed by atoms with E-state index in [0.29, 0.717) is 0 Å². The molecule has 1 aromatic carbocycles. The molecule has 0 aliphatic carbocycles. The third kappa shape index (κ3) is 2.30. The number of amides is 1. The summed E-state index contributed by atoms with van der Waals surface area (Å²) in [4.78, 5) is 12.3. The maximum absolute atomic E-state index is 11.1. The maximum atomic E-state index is 11.1. The van der Waals surface area contributed by atoms with E-state index in [-0.39, 0.29) is 11.3 Å². The molecule has 1 fully saturated rings. The van der Waals surface area contributed by atoms with Crippen LogP contribution >= 0.6 is 23.5 Å². The second kappa shape index (κ2) is 4.47. The van der Waals surface area contributed by atoms with Crippen molar-refractivity contribution in [3.8, 4) is 0 Å². The van der Waals surface area contributed by atoms with Gasteiger partial charge in [-0.1, -0.05) is 23.9 Å². The Morgan fingerprint density at radius 1 is 1.53 bits per heavy atom. The molecule has 0 saturated carbocycles. The van der Waals surface area contributed by atoms with E-state index >= 15 is 0 Å². The van der Waals surface area contributed by atoms with Gasteiger partial charge >= 0.3 is 0 Å². The van der Waals surface area contributed by atoms with Gasteiger partial charge in [0, 0.05) is 4.90 Å². The number of hydrogen-bond acceptors (Lipinski definition) is 4. The Morgan fingerprint density at radius 3 is 2.93 bits per heavy atom. The van der Waals surface area contributed by atoms with Gasteiger partial charge in [-0.25, -0.2) is 0 Å². The largest absolute Gasteiger partial charge is 0.373 e. The van der Waals surface area contributed by atoms with Crippen molar-refractivity contribution < 1.29 is 9.90 Å². The SMILES string of the molecule is CSc1cccc(C2NC(=O)C(O)S2)c1. The van der Waals surface area contributed by atoms with Crippen LogP contribution in [0, 0.1) is 0 Å². The third-order valence-electron chi connectivity index (χ3n) is 2.16. The molecule has 1 aliphatic rings. The number of thioether (sulfide) groups is 2. The number of carbonyl (C=O) groups is 1. The van der Waals surface area contributed by atoms with E-state index in [2.05, 4.69) is 5.32 Å². The summed E-state index contributed by atoms with van der Waals surface area (Å²) < 4.78 is 0. The van der Waals surface area contributed by atoms with Crippen LogP contribution in [0.15, 0.2) is 29.2 Å². The molecule has 1 heterocycles. The van der Waals surface area contributed by atoms with Crippen LogP contribution in [0.5, 0.6) is 0 Å². The van der Waals surface area contributed by atoms with Gasteiger partial charge in [-0.2, -0.15) is 0 Å². The van der Waals surface area contributed by atoms with E-state index < -0.39 is 5.44 Å². The molecule has 3 nitrogen and oxygen atoms in total.